The molecule has 0 fully saturated rings. The molecule has 0 aromatic rings. The van der Waals surface area contributed by atoms with Gasteiger partial charge in [0.05, 0.1) is 6.26 Å². The van der Waals surface area contributed by atoms with Gasteiger partial charge in [-0.3, -0.25) is 4.79 Å². The summed E-state index contributed by atoms with van der Waals surface area (Å²) in [5, 5.41) is 7.65. The molecule has 0 saturated heterocycles. The average Bonchev–Trinajstić information content (AvgIpc) is 1.41. The summed E-state index contributed by atoms with van der Waals surface area (Å²) < 4.78 is 0. The molecule has 0 aliphatic heterocycles. The van der Waals surface area contributed by atoms with E-state index in [1.807, 2.05) is 0 Å². The van der Waals surface area contributed by atoms with Gasteiger partial charge in [-0.1, -0.05) is 0 Å². The van der Waals surface area contributed by atoms with Crippen molar-refractivity contribution in [1.29, 1.82) is 0 Å². The maximum absolute atomic E-state index is 9.16. The molecule has 0 heterocycles. The Balaban J connectivity index is 0. The Bertz CT molecular complexity index is 50.8. The zero-order valence-electron chi connectivity index (χ0n) is 3.59. The summed E-state index contributed by atoms with van der Waals surface area (Å²) in [6.07, 6.45) is 2.19. The molecule has 0 rings (SSSR count). The molecule has 2 nitrogen and oxygen atoms in total. The third kappa shape index (κ3) is 8.88. The molecule has 1 N–H and O–H groups in total. The van der Waals surface area contributed by atoms with Gasteiger partial charge < -0.3 is 5.11 Å². The minimum atomic E-state index is 0. The predicted molar refractivity (Wildman–Crippen MR) is 23.6 cm³/mol. The summed E-state index contributed by atoms with van der Waals surface area (Å²) in [5.41, 5.74) is 0. The summed E-state index contributed by atoms with van der Waals surface area (Å²) in [5.74, 6) is 0. The molecule has 0 aromatic carbocycles. The first kappa shape index (κ1) is 9.51. The number of rotatable bonds is 1. The van der Waals surface area contributed by atoms with E-state index < -0.39 is 0 Å². The second kappa shape index (κ2) is 8.96. The van der Waals surface area contributed by atoms with Crippen LogP contribution >= 0.6 is 0 Å². The Morgan fingerprint density at radius 2 is 2.00 bits per heavy atom. The van der Waals surface area contributed by atoms with Crippen LogP contribution < -0.4 is 0 Å². The van der Waals surface area contributed by atoms with E-state index in [1.165, 1.54) is 0 Å². The normalized spacial score (nSPS) is 7.33. The zero-order chi connectivity index (χ0) is 4.12. The fourth-order valence-electron chi connectivity index (χ4n) is 0.0351. The van der Waals surface area contributed by atoms with Crippen LogP contribution in [0.15, 0.2) is 12.3 Å². The first-order chi connectivity index (χ1) is 2.41. The maximum atomic E-state index is 9.16. The Kier molecular flexibility index (Phi) is 14.2. The minimum absolute atomic E-state index is 0. The predicted octanol–water partition coefficient (Wildman–Crippen LogP) is -0.124. The Hall–Kier alpha value is 0.210. The van der Waals surface area contributed by atoms with Gasteiger partial charge in [0, 0.05) is 35.6 Å². The molecule has 29 valence electrons. The van der Waals surface area contributed by atoms with Gasteiger partial charge in [0.2, 0.25) is 0 Å². The molecule has 0 atom stereocenters. The second-order valence-corrected chi connectivity index (χ2v) is 0.478. The van der Waals surface area contributed by atoms with Gasteiger partial charge in [-0.15, -0.1) is 0 Å². The summed E-state index contributed by atoms with van der Waals surface area (Å²) in [6.45, 7) is 0. The van der Waals surface area contributed by atoms with Gasteiger partial charge in [-0.2, -0.15) is 0 Å². The Labute approximate surface area is 58.1 Å². The zero-order valence-corrected chi connectivity index (χ0v) is 5.59. The van der Waals surface area contributed by atoms with E-state index in [4.69, 9.17) is 9.90 Å². The summed E-state index contributed by atoms with van der Waals surface area (Å²) >= 11 is 0. The van der Waals surface area contributed by atoms with Crippen LogP contribution in [0, 0.1) is 0 Å². The first-order valence-corrected chi connectivity index (χ1v) is 1.16. The van der Waals surface area contributed by atoms with Crippen molar-refractivity contribution < 1.29 is 9.90 Å². The molecule has 0 aliphatic carbocycles. The number of carbonyl (C=O) groups is 1. The van der Waals surface area contributed by atoms with Crippen LogP contribution in [0.4, 0.5) is 0 Å². The van der Waals surface area contributed by atoms with Crippen LogP contribution in [0.2, 0.25) is 0 Å². The molecule has 0 bridgehead atoms. The Morgan fingerprint density at radius 1 is 1.50 bits per heavy atom. The fourth-order valence-corrected chi connectivity index (χ4v) is 0.0351. The van der Waals surface area contributed by atoms with Crippen LogP contribution in [0.25, 0.3) is 0 Å². The largest absolute Gasteiger partial charge is 0.515 e. The summed E-state index contributed by atoms with van der Waals surface area (Å²) in [6, 6.07) is 0. The van der Waals surface area contributed by atoms with Crippen LogP contribution in [-0.4, -0.2) is 40.9 Å². The van der Waals surface area contributed by atoms with Crippen molar-refractivity contribution in [3.8, 4) is 0 Å². The van der Waals surface area contributed by atoms with E-state index >= 15 is 0 Å². The van der Waals surface area contributed by atoms with Gasteiger partial charge in [0.15, 0.2) is 0 Å². The molecule has 0 aliphatic rings. The number of aldehydes is 1. The van der Waals surface area contributed by atoms with Gasteiger partial charge >= 0.3 is 0 Å². The first-order valence-electron chi connectivity index (χ1n) is 1.16. The van der Waals surface area contributed by atoms with E-state index in [9.17, 15) is 0 Å². The van der Waals surface area contributed by atoms with Crippen molar-refractivity contribution in [2.45, 2.75) is 0 Å². The van der Waals surface area contributed by atoms with Gasteiger partial charge in [0.1, 0.15) is 6.29 Å². The van der Waals surface area contributed by atoms with Crippen LogP contribution in [0.3, 0.4) is 0 Å². The van der Waals surface area contributed by atoms with Crippen LogP contribution in [0.5, 0.6) is 0 Å². The quantitative estimate of drug-likeness (QED) is 0.213. The van der Waals surface area contributed by atoms with Crippen LogP contribution in [-0.2, 0) is 4.79 Å². The number of allylic oxidation sites excluding steroid dienone is 1. The molecule has 0 spiro atoms. The third-order valence-electron chi connectivity index (χ3n) is 0.165. The topological polar surface area (TPSA) is 37.3 Å². The van der Waals surface area contributed by atoms with Crippen molar-refractivity contribution in [3.05, 3.63) is 12.3 Å². The van der Waals surface area contributed by atoms with E-state index in [0.717, 1.165) is 6.08 Å². The standard InChI is InChI=1S/C3H4O2.Na/c4-2-1-3-5;/h1-4H;. The number of carbonyl (C=O) groups excluding carboxylic acids is 1. The molecule has 6 heavy (non-hydrogen) atoms. The number of aliphatic hydroxyl groups excluding tert-OH is 1. The fraction of sp³-hybridized carbons (Fsp3) is 0. The van der Waals surface area contributed by atoms with Gasteiger partial charge in [-0.25, -0.2) is 0 Å². The van der Waals surface area contributed by atoms with E-state index in [0.29, 0.717) is 12.5 Å². The average molecular weight is 95.1 g/mol. The van der Waals surface area contributed by atoms with Crippen LogP contribution in [0.1, 0.15) is 0 Å². The van der Waals surface area contributed by atoms with E-state index in [1.54, 1.807) is 0 Å². The van der Waals surface area contributed by atoms with Crippen molar-refractivity contribution in [2.24, 2.45) is 0 Å². The molecule has 0 amide bonds. The maximum Gasteiger partial charge on any atom is 0.145 e. The molecular weight excluding hydrogens is 91.0 g/mol. The van der Waals surface area contributed by atoms with Crippen molar-refractivity contribution in [1.82, 2.24) is 0 Å². The molecule has 0 aromatic heterocycles. The summed E-state index contributed by atoms with van der Waals surface area (Å²) in [7, 11) is 0. The summed E-state index contributed by atoms with van der Waals surface area (Å²) in [4.78, 5) is 9.16. The smallest absolute Gasteiger partial charge is 0.145 e. The van der Waals surface area contributed by atoms with Crippen molar-refractivity contribution in [3.63, 3.8) is 0 Å². The number of hydrogen-bond donors (Lipinski definition) is 1. The van der Waals surface area contributed by atoms with Crippen molar-refractivity contribution >= 4 is 35.8 Å². The minimum Gasteiger partial charge on any atom is -0.515 e. The number of hydrogen-bond acceptors (Lipinski definition) is 2. The third-order valence-corrected chi connectivity index (χ3v) is 0.165. The molecule has 0 saturated carbocycles. The van der Waals surface area contributed by atoms with E-state index in [2.05, 4.69) is 0 Å². The number of aliphatic hydroxyl groups is 1. The SMILES string of the molecule is O=CC=CO.[Na]. The molecular formula is C3H4NaO2. The van der Waals surface area contributed by atoms with Gasteiger partial charge in [0.25, 0.3) is 0 Å². The Morgan fingerprint density at radius 3 is 2.00 bits per heavy atom. The molecule has 1 radical (unpaired) electrons. The second-order valence-electron chi connectivity index (χ2n) is 0.478. The monoisotopic (exact) mass is 95.0 g/mol. The molecule has 0 unspecified atom stereocenters. The molecule has 3 heteroatoms. The van der Waals surface area contributed by atoms with Crippen molar-refractivity contribution in [2.75, 3.05) is 0 Å². The van der Waals surface area contributed by atoms with Gasteiger partial charge in [-0.05, 0) is 0 Å². The van der Waals surface area contributed by atoms with E-state index in [-0.39, 0.29) is 29.6 Å².